The fourth-order valence-electron chi connectivity index (χ4n) is 2.70. The number of carbonyl (C=O) groups excluding carboxylic acids is 1. The maximum absolute atomic E-state index is 12.5. The van der Waals surface area contributed by atoms with Crippen molar-refractivity contribution in [1.29, 1.82) is 0 Å². The molecule has 1 fully saturated rings. The maximum Gasteiger partial charge on any atom is 0.253 e. The van der Waals surface area contributed by atoms with Crippen LogP contribution < -0.4 is 11.1 Å². The van der Waals surface area contributed by atoms with Gasteiger partial charge in [0.15, 0.2) is 0 Å². The molecule has 2 rings (SSSR count). The second-order valence-corrected chi connectivity index (χ2v) is 6.16. The molecule has 5 heteroatoms. The molecule has 1 aliphatic rings. The third kappa shape index (κ3) is 2.98. The Balaban J connectivity index is 2.19. The average molecular weight is 291 g/mol. The average Bonchev–Trinajstić information content (AvgIpc) is 2.41. The first-order valence-corrected chi connectivity index (χ1v) is 7.39. The first-order valence-electron chi connectivity index (χ1n) is 6.99. The monoisotopic (exact) mass is 291 g/mol. The number of hydrogen-bond acceptors (Lipinski definition) is 3. The van der Waals surface area contributed by atoms with Crippen LogP contribution in [0.5, 0.6) is 0 Å². The quantitative estimate of drug-likeness (QED) is 0.839. The van der Waals surface area contributed by atoms with E-state index >= 15 is 0 Å². The molecule has 4 nitrogen and oxygen atoms in total. The van der Waals surface area contributed by atoms with Gasteiger partial charge >= 0.3 is 0 Å². The number of thiocarbonyl (C=S) groups is 1. The van der Waals surface area contributed by atoms with Crippen molar-refractivity contribution >= 4 is 23.1 Å². The Morgan fingerprint density at radius 2 is 2.15 bits per heavy atom. The number of nitrogens with one attached hydrogen (secondary N) is 1. The molecule has 0 unspecified atom stereocenters. The van der Waals surface area contributed by atoms with Crippen molar-refractivity contribution in [3.8, 4) is 0 Å². The van der Waals surface area contributed by atoms with Crippen molar-refractivity contribution in [3.63, 3.8) is 0 Å². The Kier molecular flexibility index (Phi) is 4.38. The van der Waals surface area contributed by atoms with Crippen molar-refractivity contribution in [2.24, 2.45) is 11.7 Å². The maximum atomic E-state index is 12.5. The van der Waals surface area contributed by atoms with E-state index < -0.39 is 5.54 Å². The van der Waals surface area contributed by atoms with Crippen LogP contribution >= 0.6 is 12.2 Å². The van der Waals surface area contributed by atoms with Gasteiger partial charge in [0.25, 0.3) is 5.91 Å². The molecular weight excluding hydrogens is 270 g/mol. The molecule has 1 aromatic heterocycles. The number of aromatic nitrogens is 1. The zero-order valence-corrected chi connectivity index (χ0v) is 12.8. The van der Waals surface area contributed by atoms with Crippen molar-refractivity contribution in [2.45, 2.75) is 45.1 Å². The van der Waals surface area contributed by atoms with Gasteiger partial charge in [-0.05, 0) is 50.7 Å². The van der Waals surface area contributed by atoms with Crippen LogP contribution in [0.1, 0.15) is 48.7 Å². The van der Waals surface area contributed by atoms with E-state index in [2.05, 4.69) is 17.2 Å². The van der Waals surface area contributed by atoms with Gasteiger partial charge in [0.1, 0.15) is 0 Å². The normalized spacial score (nSPS) is 26.0. The van der Waals surface area contributed by atoms with Gasteiger partial charge < -0.3 is 11.1 Å². The number of rotatable bonds is 3. The minimum absolute atomic E-state index is 0.141. The highest BCUT2D eigenvalue weighted by atomic mass is 32.1. The molecule has 1 saturated carbocycles. The van der Waals surface area contributed by atoms with Crippen molar-refractivity contribution < 1.29 is 4.79 Å². The van der Waals surface area contributed by atoms with Crippen molar-refractivity contribution in [3.05, 3.63) is 29.6 Å². The third-order valence-corrected chi connectivity index (χ3v) is 4.59. The predicted octanol–water partition coefficient (Wildman–Crippen LogP) is 2.35. The highest BCUT2D eigenvalue weighted by Gasteiger charge is 2.38. The van der Waals surface area contributed by atoms with Crippen LogP contribution in [-0.2, 0) is 0 Å². The highest BCUT2D eigenvalue weighted by Crippen LogP contribution is 2.32. The van der Waals surface area contributed by atoms with Crippen molar-refractivity contribution in [1.82, 2.24) is 10.3 Å². The third-order valence-electron chi connectivity index (χ3n) is 4.20. The molecule has 1 aliphatic carbocycles. The zero-order valence-electron chi connectivity index (χ0n) is 12.0. The van der Waals surface area contributed by atoms with E-state index in [0.29, 0.717) is 22.2 Å². The van der Waals surface area contributed by atoms with Crippen LogP contribution in [0.4, 0.5) is 0 Å². The summed E-state index contributed by atoms with van der Waals surface area (Å²) in [5.74, 6) is 0.521. The minimum Gasteiger partial charge on any atom is -0.391 e. The Labute approximate surface area is 125 Å². The molecule has 0 spiro atoms. The second kappa shape index (κ2) is 5.87. The number of nitrogens with zero attached hydrogens (tertiary/aromatic N) is 1. The smallest absolute Gasteiger partial charge is 0.253 e. The van der Waals surface area contributed by atoms with Gasteiger partial charge in [-0.25, -0.2) is 0 Å². The Morgan fingerprint density at radius 3 is 2.70 bits per heavy atom. The van der Waals surface area contributed by atoms with Crippen molar-refractivity contribution in [2.75, 3.05) is 0 Å². The lowest BCUT2D eigenvalue weighted by Gasteiger charge is -2.39. The summed E-state index contributed by atoms with van der Waals surface area (Å²) < 4.78 is 0. The zero-order chi connectivity index (χ0) is 14.8. The summed E-state index contributed by atoms with van der Waals surface area (Å²) in [5, 5.41) is 3.06. The van der Waals surface area contributed by atoms with Gasteiger partial charge in [-0.2, -0.15) is 0 Å². The summed E-state index contributed by atoms with van der Waals surface area (Å²) in [5.41, 5.74) is 6.67. The highest BCUT2D eigenvalue weighted by molar-refractivity contribution is 7.80. The summed E-state index contributed by atoms with van der Waals surface area (Å²) in [4.78, 5) is 17.0. The van der Waals surface area contributed by atoms with Gasteiger partial charge in [-0.15, -0.1) is 0 Å². The van der Waals surface area contributed by atoms with Crippen LogP contribution in [0, 0.1) is 12.8 Å². The molecule has 0 aliphatic heterocycles. The van der Waals surface area contributed by atoms with E-state index in [9.17, 15) is 4.79 Å². The Hall–Kier alpha value is -1.49. The number of hydrogen-bond donors (Lipinski definition) is 2. The van der Waals surface area contributed by atoms with E-state index in [1.807, 2.05) is 6.92 Å². The predicted molar refractivity (Wildman–Crippen MR) is 83.6 cm³/mol. The molecular formula is C15H21N3OS. The van der Waals surface area contributed by atoms with Gasteiger partial charge in [0, 0.05) is 11.9 Å². The van der Waals surface area contributed by atoms with Crippen LogP contribution in [0.25, 0.3) is 0 Å². The summed E-state index contributed by atoms with van der Waals surface area (Å²) >= 11 is 5.21. The standard InChI is InChI=1S/C15H21N3OS/c1-10-5-7-15(8-6-10,14(16)20)18-13(19)12-4-3-9-17-11(12)2/h3-4,9-10H,5-8H2,1-2H3,(H2,16,20)(H,18,19). The van der Waals surface area contributed by atoms with E-state index in [1.54, 1.807) is 18.3 Å². The Bertz CT molecular complexity index is 522. The van der Waals surface area contributed by atoms with Crippen LogP contribution in [-0.4, -0.2) is 21.4 Å². The van der Waals surface area contributed by atoms with Gasteiger partial charge in [-0.3, -0.25) is 9.78 Å². The molecule has 1 aromatic rings. The number of amides is 1. The number of pyridine rings is 1. The lowest BCUT2D eigenvalue weighted by atomic mass is 9.77. The van der Waals surface area contributed by atoms with Crippen LogP contribution in [0.3, 0.4) is 0 Å². The minimum atomic E-state index is -0.540. The Morgan fingerprint density at radius 1 is 1.50 bits per heavy atom. The lowest BCUT2D eigenvalue weighted by Crippen LogP contribution is -2.58. The van der Waals surface area contributed by atoms with Gasteiger partial charge in [-0.1, -0.05) is 19.1 Å². The molecule has 0 saturated heterocycles. The SMILES string of the molecule is Cc1ncccc1C(=O)NC1(C(N)=S)CCC(C)CC1. The van der Waals surface area contributed by atoms with Crippen LogP contribution in [0.2, 0.25) is 0 Å². The molecule has 0 bridgehead atoms. The van der Waals surface area contributed by atoms with E-state index in [1.165, 1.54) is 0 Å². The number of aryl methyl sites for hydroxylation is 1. The lowest BCUT2D eigenvalue weighted by molar-refractivity contribution is 0.0899. The first-order chi connectivity index (χ1) is 9.44. The molecule has 108 valence electrons. The molecule has 20 heavy (non-hydrogen) atoms. The first kappa shape index (κ1) is 14.9. The number of carbonyl (C=O) groups is 1. The van der Waals surface area contributed by atoms with Gasteiger partial charge in [0.05, 0.1) is 16.1 Å². The van der Waals surface area contributed by atoms with E-state index in [4.69, 9.17) is 18.0 Å². The summed E-state index contributed by atoms with van der Waals surface area (Å²) in [6.45, 7) is 4.04. The molecule has 0 radical (unpaired) electrons. The van der Waals surface area contributed by atoms with E-state index in [-0.39, 0.29) is 5.91 Å². The molecule has 0 atom stereocenters. The summed E-state index contributed by atoms with van der Waals surface area (Å²) in [6, 6.07) is 3.54. The van der Waals surface area contributed by atoms with E-state index in [0.717, 1.165) is 25.7 Å². The van der Waals surface area contributed by atoms with Gasteiger partial charge in [0.2, 0.25) is 0 Å². The van der Waals surface area contributed by atoms with Crippen LogP contribution in [0.15, 0.2) is 18.3 Å². The summed E-state index contributed by atoms with van der Waals surface area (Å²) in [6.07, 6.45) is 5.37. The largest absolute Gasteiger partial charge is 0.391 e. The summed E-state index contributed by atoms with van der Waals surface area (Å²) in [7, 11) is 0. The molecule has 1 amide bonds. The molecule has 0 aromatic carbocycles. The number of nitrogens with two attached hydrogens (primary N) is 1. The molecule has 1 heterocycles. The fraction of sp³-hybridized carbons (Fsp3) is 0.533. The fourth-order valence-corrected chi connectivity index (χ4v) is 2.95. The topological polar surface area (TPSA) is 68.0 Å². The molecule has 3 N–H and O–H groups in total. The second-order valence-electron chi connectivity index (χ2n) is 5.72.